The lowest BCUT2D eigenvalue weighted by Gasteiger charge is -2.15. The Hall–Kier alpha value is -7.21. The van der Waals surface area contributed by atoms with Crippen molar-refractivity contribution in [3.05, 3.63) is 194 Å². The molecule has 8 aromatic carbocycles. The van der Waals surface area contributed by atoms with E-state index in [4.69, 9.17) is 15.0 Å². The van der Waals surface area contributed by atoms with Gasteiger partial charge in [0.25, 0.3) is 0 Å². The van der Waals surface area contributed by atoms with E-state index in [2.05, 4.69) is 138 Å². The predicted molar refractivity (Wildman–Crippen MR) is 234 cm³/mol. The topological polar surface area (TPSA) is 43.6 Å². The molecule has 3 heterocycles. The van der Waals surface area contributed by atoms with Gasteiger partial charge in [-0.2, -0.15) is 0 Å². The summed E-state index contributed by atoms with van der Waals surface area (Å²) in [5, 5.41) is 5.07. The number of hydrogen-bond donors (Lipinski definition) is 0. The highest BCUT2D eigenvalue weighted by Gasteiger charge is 2.19. The van der Waals surface area contributed by atoms with Crippen LogP contribution in [0.5, 0.6) is 0 Å². The Balaban J connectivity index is 1.03. The minimum atomic E-state index is 0.647. The van der Waals surface area contributed by atoms with Gasteiger partial charge in [0.2, 0.25) is 0 Å². The fraction of sp³-hybridized carbons (Fsp3) is 0. The maximum Gasteiger partial charge on any atom is 0.164 e. The molecule has 0 N–H and O–H groups in total. The summed E-state index contributed by atoms with van der Waals surface area (Å²) >= 11 is 1.85. The first-order valence-corrected chi connectivity index (χ1v) is 19.6. The number of thiophene rings is 1. The van der Waals surface area contributed by atoms with Crippen molar-refractivity contribution in [2.24, 2.45) is 0 Å². The van der Waals surface area contributed by atoms with Gasteiger partial charge in [-0.15, -0.1) is 11.3 Å². The number of fused-ring (bicyclic) bond motifs is 6. The van der Waals surface area contributed by atoms with Crippen LogP contribution in [0.1, 0.15) is 0 Å². The van der Waals surface area contributed by atoms with Crippen LogP contribution in [0.3, 0.4) is 0 Å². The average molecular weight is 733 g/mol. The van der Waals surface area contributed by atoms with Gasteiger partial charge in [-0.3, -0.25) is 0 Å². The lowest BCUT2D eigenvalue weighted by molar-refractivity contribution is 1.07. The van der Waals surface area contributed by atoms with Crippen molar-refractivity contribution in [2.45, 2.75) is 0 Å². The van der Waals surface area contributed by atoms with Crippen LogP contribution in [0.4, 0.5) is 0 Å². The van der Waals surface area contributed by atoms with E-state index in [0.29, 0.717) is 17.5 Å². The summed E-state index contributed by atoms with van der Waals surface area (Å²) < 4.78 is 4.95. The Kier molecular flexibility index (Phi) is 7.64. The second kappa shape index (κ2) is 13.3. The zero-order chi connectivity index (χ0) is 37.0. The quantitative estimate of drug-likeness (QED) is 0.171. The van der Waals surface area contributed by atoms with Crippen LogP contribution in [0.2, 0.25) is 0 Å². The Morgan fingerprint density at radius 1 is 0.339 bits per heavy atom. The molecule has 56 heavy (non-hydrogen) atoms. The first kappa shape index (κ1) is 32.2. The summed E-state index contributed by atoms with van der Waals surface area (Å²) in [6, 6.07) is 68.7. The first-order valence-electron chi connectivity index (χ1n) is 18.8. The maximum absolute atomic E-state index is 4.99. The average Bonchev–Trinajstić information content (AvgIpc) is 3.82. The molecule has 0 spiro atoms. The SMILES string of the molecule is c1ccc(-c2nc(-c3ccccc3)nc(-c3cccc(-c4ccc5c(c4)sc4cccc(-c6ccccc6-n6c7ccccc7c7ccccc76)c45)c3)n2)cc1. The van der Waals surface area contributed by atoms with E-state index in [-0.39, 0.29) is 0 Å². The van der Waals surface area contributed by atoms with E-state index in [1.807, 2.05) is 72.0 Å². The van der Waals surface area contributed by atoms with Gasteiger partial charge in [0.05, 0.1) is 16.7 Å². The molecule has 0 aliphatic carbocycles. The van der Waals surface area contributed by atoms with Crippen LogP contribution in [0, 0.1) is 0 Å². The predicted octanol–water partition coefficient (Wildman–Crippen LogP) is 13.7. The van der Waals surface area contributed by atoms with Gasteiger partial charge in [0, 0.05) is 53.2 Å². The van der Waals surface area contributed by atoms with Gasteiger partial charge in [0.1, 0.15) is 0 Å². The lowest BCUT2D eigenvalue weighted by atomic mass is 9.96. The molecule has 11 rings (SSSR count). The van der Waals surface area contributed by atoms with Gasteiger partial charge in [-0.25, -0.2) is 15.0 Å². The largest absolute Gasteiger partial charge is 0.309 e. The van der Waals surface area contributed by atoms with Gasteiger partial charge in [-0.1, -0.05) is 158 Å². The molecule has 262 valence electrons. The summed E-state index contributed by atoms with van der Waals surface area (Å²) in [6.45, 7) is 0. The van der Waals surface area contributed by atoms with E-state index in [1.54, 1.807) is 0 Å². The van der Waals surface area contributed by atoms with Crippen LogP contribution in [-0.2, 0) is 0 Å². The summed E-state index contributed by atoms with van der Waals surface area (Å²) in [7, 11) is 0. The van der Waals surface area contributed by atoms with Gasteiger partial charge < -0.3 is 4.57 Å². The zero-order valence-corrected chi connectivity index (χ0v) is 31.0. The molecule has 0 aliphatic heterocycles. The Bertz CT molecular complexity index is 3140. The molecular weight excluding hydrogens is 701 g/mol. The Labute approximate surface area is 327 Å². The molecule has 3 aromatic heterocycles. The monoisotopic (exact) mass is 732 g/mol. The first-order chi connectivity index (χ1) is 27.8. The lowest BCUT2D eigenvalue weighted by Crippen LogP contribution is -2.00. The Morgan fingerprint density at radius 2 is 0.857 bits per heavy atom. The highest BCUT2D eigenvalue weighted by molar-refractivity contribution is 7.26. The van der Waals surface area contributed by atoms with Gasteiger partial charge in [0.15, 0.2) is 17.5 Å². The summed E-state index contributed by atoms with van der Waals surface area (Å²) in [5.74, 6) is 1.96. The Morgan fingerprint density at radius 3 is 1.55 bits per heavy atom. The number of rotatable bonds is 6. The molecule has 0 amide bonds. The number of benzene rings is 8. The van der Waals surface area contributed by atoms with Crippen LogP contribution in [0.15, 0.2) is 194 Å². The number of hydrogen-bond acceptors (Lipinski definition) is 4. The van der Waals surface area contributed by atoms with Crippen molar-refractivity contribution in [3.8, 4) is 62.1 Å². The fourth-order valence-corrected chi connectivity index (χ4v) is 9.26. The molecule has 4 nitrogen and oxygen atoms in total. The van der Waals surface area contributed by atoms with Crippen LogP contribution < -0.4 is 0 Å². The summed E-state index contributed by atoms with van der Waals surface area (Å²) in [6.07, 6.45) is 0. The maximum atomic E-state index is 4.99. The van der Waals surface area contributed by atoms with Crippen molar-refractivity contribution in [1.29, 1.82) is 0 Å². The van der Waals surface area contributed by atoms with Gasteiger partial charge >= 0.3 is 0 Å². The minimum absolute atomic E-state index is 0.647. The molecule has 0 bridgehead atoms. The summed E-state index contributed by atoms with van der Waals surface area (Å²) in [5.41, 5.74) is 11.2. The molecule has 0 aliphatic rings. The number of aromatic nitrogens is 4. The third-order valence-electron chi connectivity index (χ3n) is 10.7. The van der Waals surface area contributed by atoms with Crippen molar-refractivity contribution < 1.29 is 0 Å². The van der Waals surface area contributed by atoms with Crippen molar-refractivity contribution in [1.82, 2.24) is 19.5 Å². The normalized spacial score (nSPS) is 11.6. The molecule has 0 fully saturated rings. The van der Waals surface area contributed by atoms with Crippen molar-refractivity contribution in [3.63, 3.8) is 0 Å². The molecule has 0 unspecified atom stereocenters. The highest BCUT2D eigenvalue weighted by Crippen LogP contribution is 2.44. The molecular formula is C51H32N4S. The van der Waals surface area contributed by atoms with E-state index >= 15 is 0 Å². The zero-order valence-electron chi connectivity index (χ0n) is 30.2. The smallest absolute Gasteiger partial charge is 0.164 e. The molecule has 0 atom stereocenters. The van der Waals surface area contributed by atoms with Crippen LogP contribution >= 0.6 is 11.3 Å². The summed E-state index contributed by atoms with van der Waals surface area (Å²) in [4.78, 5) is 14.9. The van der Waals surface area contributed by atoms with Crippen LogP contribution in [-0.4, -0.2) is 19.5 Å². The minimum Gasteiger partial charge on any atom is -0.309 e. The standard InChI is InChI=1S/C51H32N4S/c1-3-15-33(16-4-1)49-52-50(34-17-5-2-6-18-34)54-51(53-49)37-20-13-19-35(31-37)36-29-30-42-47(32-36)56-46-28-14-24-41(48(42)46)40-23-9-12-27-45(40)55-43-25-10-7-21-38(43)39-22-8-11-26-44(39)55/h1-32H. The third-order valence-corrected chi connectivity index (χ3v) is 11.8. The third kappa shape index (κ3) is 5.40. The second-order valence-electron chi connectivity index (χ2n) is 14.0. The van der Waals surface area contributed by atoms with E-state index in [9.17, 15) is 0 Å². The molecule has 11 aromatic rings. The van der Waals surface area contributed by atoms with Crippen molar-refractivity contribution >= 4 is 53.3 Å². The fourth-order valence-electron chi connectivity index (χ4n) is 8.08. The van der Waals surface area contributed by atoms with E-state index in [0.717, 1.165) is 27.8 Å². The molecule has 0 saturated carbocycles. The number of nitrogens with zero attached hydrogens (tertiary/aromatic N) is 4. The number of para-hydroxylation sites is 3. The van der Waals surface area contributed by atoms with Crippen LogP contribution in [0.25, 0.3) is 104 Å². The highest BCUT2D eigenvalue weighted by atomic mass is 32.1. The van der Waals surface area contributed by atoms with E-state index < -0.39 is 0 Å². The van der Waals surface area contributed by atoms with Gasteiger partial charge in [-0.05, 0) is 53.1 Å². The van der Waals surface area contributed by atoms with Crippen molar-refractivity contribution in [2.75, 3.05) is 0 Å². The molecule has 0 radical (unpaired) electrons. The molecule has 5 heteroatoms. The molecule has 0 saturated heterocycles. The van der Waals surface area contributed by atoms with E-state index in [1.165, 1.54) is 58.8 Å². The second-order valence-corrected chi connectivity index (χ2v) is 15.1.